The van der Waals surface area contributed by atoms with Crippen molar-refractivity contribution >= 4 is 23.5 Å². The van der Waals surface area contributed by atoms with Crippen LogP contribution in [0.5, 0.6) is 5.88 Å². The van der Waals surface area contributed by atoms with E-state index in [1.807, 2.05) is 27.7 Å². The molecule has 0 N–H and O–H groups in total. The molecule has 1 aliphatic rings. The molecule has 1 aliphatic heterocycles. The lowest BCUT2D eigenvalue weighted by molar-refractivity contribution is -0.919. The van der Waals surface area contributed by atoms with Crippen LogP contribution in [-0.4, -0.2) is 59.5 Å². The molecule has 35 heavy (non-hydrogen) atoms. The molecule has 0 spiro atoms. The molecule has 2 rings (SSSR count). The molecule has 2 heterocycles. The zero-order valence-electron chi connectivity index (χ0n) is 23.6. The van der Waals surface area contributed by atoms with Crippen molar-refractivity contribution in [1.29, 1.82) is 0 Å². The van der Waals surface area contributed by atoms with Gasteiger partial charge in [-0.05, 0) is 12.8 Å². The third kappa shape index (κ3) is 14.5. The van der Waals surface area contributed by atoms with Crippen LogP contribution in [0.25, 0.3) is 5.57 Å². The van der Waals surface area contributed by atoms with E-state index in [1.165, 1.54) is 50.3 Å². The predicted molar refractivity (Wildman–Crippen MR) is 147 cm³/mol. The Balaban J connectivity index is 0.00000274. The molecular formula is C27H52N3O4S+. The number of nitrogens with zero attached hydrogens (tertiary/aromatic N) is 3. The van der Waals surface area contributed by atoms with Gasteiger partial charge in [0.1, 0.15) is 12.2 Å². The van der Waals surface area contributed by atoms with Crippen LogP contribution in [0, 0.1) is 0 Å². The Morgan fingerprint density at radius 3 is 2.23 bits per heavy atom. The van der Waals surface area contributed by atoms with Crippen molar-refractivity contribution in [2.45, 2.75) is 106 Å². The highest BCUT2D eigenvalue weighted by Gasteiger charge is 2.31. The molecule has 204 valence electrons. The van der Waals surface area contributed by atoms with Gasteiger partial charge in [0.05, 0.1) is 38.5 Å². The first kappa shape index (κ1) is 33.3. The number of hydrogen-bond acceptors (Lipinski definition) is 7. The van der Waals surface area contributed by atoms with Crippen molar-refractivity contribution < 1.29 is 23.5 Å². The van der Waals surface area contributed by atoms with Gasteiger partial charge < -0.3 is 14.2 Å². The fraction of sp³-hybridized carbons (Fsp3) is 0.815. The Bertz CT molecular complexity index is 681. The lowest BCUT2D eigenvalue weighted by Gasteiger charge is -2.36. The fourth-order valence-electron chi connectivity index (χ4n) is 3.67. The summed E-state index contributed by atoms with van der Waals surface area (Å²) in [6.45, 7) is 15.4. The number of rotatable bonds is 15. The maximum Gasteiger partial charge on any atom is 0.512 e. The highest BCUT2D eigenvalue weighted by Crippen LogP contribution is 2.30. The summed E-state index contributed by atoms with van der Waals surface area (Å²) in [6, 6.07) is 0. The molecule has 0 aromatic carbocycles. The standard InChI is InChI=1S/C23H40N3O4S.2C2H6/c1-4-6-8-10-12-17-29-23(27)30-19-26(3)15-13-14-20(18-26)21-22(25-31-24-21)28-16-11-9-7-5-2;2*1-2/h14H,4-13,15-19H2,1-3H3;2*1-2H3/q+1;;. The molecule has 0 radical (unpaired) electrons. The van der Waals surface area contributed by atoms with E-state index < -0.39 is 6.16 Å². The summed E-state index contributed by atoms with van der Waals surface area (Å²) in [5.41, 5.74) is 1.94. The van der Waals surface area contributed by atoms with E-state index in [0.717, 1.165) is 50.0 Å². The van der Waals surface area contributed by atoms with E-state index in [4.69, 9.17) is 14.2 Å². The molecule has 8 heteroatoms. The summed E-state index contributed by atoms with van der Waals surface area (Å²) in [6.07, 6.45) is 12.8. The number of ether oxygens (including phenoxy) is 3. The molecule has 1 atom stereocenters. The van der Waals surface area contributed by atoms with Gasteiger partial charge in [-0.15, -0.1) is 4.37 Å². The van der Waals surface area contributed by atoms with Gasteiger partial charge in [-0.1, -0.05) is 92.6 Å². The van der Waals surface area contributed by atoms with Gasteiger partial charge in [0.2, 0.25) is 6.73 Å². The van der Waals surface area contributed by atoms with E-state index in [-0.39, 0.29) is 6.73 Å². The Kier molecular flexibility index (Phi) is 20.6. The predicted octanol–water partition coefficient (Wildman–Crippen LogP) is 7.86. The van der Waals surface area contributed by atoms with Crippen LogP contribution < -0.4 is 4.74 Å². The Morgan fingerprint density at radius 2 is 1.54 bits per heavy atom. The number of likely N-dealkylation sites (N-methyl/N-ethyl adjacent to an activating group) is 1. The summed E-state index contributed by atoms with van der Waals surface area (Å²) in [5.74, 6) is 0.629. The minimum atomic E-state index is -0.572. The van der Waals surface area contributed by atoms with E-state index in [9.17, 15) is 4.79 Å². The first-order valence-corrected chi connectivity index (χ1v) is 14.6. The molecule has 1 aromatic rings. The van der Waals surface area contributed by atoms with E-state index in [1.54, 1.807) is 0 Å². The summed E-state index contributed by atoms with van der Waals surface area (Å²) in [7, 11) is 2.09. The van der Waals surface area contributed by atoms with Crippen molar-refractivity contribution in [3.05, 3.63) is 11.8 Å². The summed E-state index contributed by atoms with van der Waals surface area (Å²) >= 11 is 1.18. The molecule has 0 aliphatic carbocycles. The third-order valence-corrected chi connectivity index (χ3v) is 6.08. The van der Waals surface area contributed by atoms with Crippen molar-refractivity contribution in [1.82, 2.24) is 8.75 Å². The SMILES string of the molecule is CC.CC.CCCCCCCOC(=O)OC[N+]1(C)CCC=C(c2nsnc2OCCCCCC)C1. The Labute approximate surface area is 219 Å². The summed E-state index contributed by atoms with van der Waals surface area (Å²) in [5, 5.41) is 0. The monoisotopic (exact) mass is 514 g/mol. The molecule has 0 amide bonds. The fourth-order valence-corrected chi connectivity index (χ4v) is 4.20. The van der Waals surface area contributed by atoms with Crippen LogP contribution in [0.1, 0.15) is 111 Å². The van der Waals surface area contributed by atoms with Crippen molar-refractivity contribution in [3.8, 4) is 5.88 Å². The average molecular weight is 515 g/mol. The van der Waals surface area contributed by atoms with Crippen LogP contribution in [-0.2, 0) is 9.47 Å². The largest absolute Gasteiger partial charge is 0.512 e. The lowest BCUT2D eigenvalue weighted by atomic mass is 10.1. The zero-order chi connectivity index (χ0) is 26.4. The molecule has 7 nitrogen and oxygen atoms in total. The van der Waals surface area contributed by atoms with Crippen LogP contribution in [0.15, 0.2) is 6.08 Å². The number of carbonyl (C=O) groups excluding carboxylic acids is 1. The summed E-state index contributed by atoms with van der Waals surface area (Å²) < 4.78 is 26.0. The number of aromatic nitrogens is 2. The first-order chi connectivity index (χ1) is 17.1. The van der Waals surface area contributed by atoms with Gasteiger partial charge in [-0.2, -0.15) is 4.37 Å². The zero-order valence-corrected chi connectivity index (χ0v) is 24.4. The Hall–Kier alpha value is -1.67. The van der Waals surface area contributed by atoms with Crippen LogP contribution in [0.3, 0.4) is 0 Å². The van der Waals surface area contributed by atoms with Crippen molar-refractivity contribution in [2.24, 2.45) is 0 Å². The number of carbonyl (C=O) groups is 1. The molecule has 0 saturated heterocycles. The molecule has 0 fully saturated rings. The number of unbranched alkanes of at least 4 members (excludes halogenated alkanes) is 7. The molecule has 1 unspecified atom stereocenters. The molecule has 1 aromatic heterocycles. The minimum absolute atomic E-state index is 0.288. The lowest BCUT2D eigenvalue weighted by Crippen LogP contribution is -2.49. The van der Waals surface area contributed by atoms with Gasteiger partial charge in [0.15, 0.2) is 0 Å². The van der Waals surface area contributed by atoms with Gasteiger partial charge in [-0.25, -0.2) is 4.79 Å². The quantitative estimate of drug-likeness (QED) is 0.135. The average Bonchev–Trinajstić information content (AvgIpc) is 3.36. The molecule has 0 saturated carbocycles. The smallest absolute Gasteiger partial charge is 0.475 e. The topological polar surface area (TPSA) is 70.5 Å². The van der Waals surface area contributed by atoms with Gasteiger partial charge in [0, 0.05) is 12.0 Å². The Morgan fingerprint density at radius 1 is 0.914 bits per heavy atom. The second-order valence-corrected chi connectivity index (χ2v) is 9.16. The second kappa shape index (κ2) is 21.6. The highest BCUT2D eigenvalue weighted by atomic mass is 32.1. The second-order valence-electron chi connectivity index (χ2n) is 8.63. The number of quaternary nitrogens is 1. The highest BCUT2D eigenvalue weighted by molar-refractivity contribution is 6.99. The van der Waals surface area contributed by atoms with E-state index in [0.29, 0.717) is 23.6 Å². The van der Waals surface area contributed by atoms with Crippen LogP contribution in [0.4, 0.5) is 4.79 Å². The number of hydrogen-bond donors (Lipinski definition) is 0. The molecule has 0 bridgehead atoms. The third-order valence-electron chi connectivity index (χ3n) is 5.57. The van der Waals surface area contributed by atoms with E-state index in [2.05, 4.69) is 35.7 Å². The maximum absolute atomic E-state index is 12.0. The van der Waals surface area contributed by atoms with Crippen LogP contribution in [0.2, 0.25) is 0 Å². The van der Waals surface area contributed by atoms with Gasteiger partial charge in [0.25, 0.3) is 5.88 Å². The minimum Gasteiger partial charge on any atom is -0.475 e. The summed E-state index contributed by atoms with van der Waals surface area (Å²) in [4.78, 5) is 12.0. The van der Waals surface area contributed by atoms with Crippen molar-refractivity contribution in [3.63, 3.8) is 0 Å². The maximum atomic E-state index is 12.0. The van der Waals surface area contributed by atoms with Gasteiger partial charge >= 0.3 is 6.16 Å². The normalized spacial score (nSPS) is 16.7. The van der Waals surface area contributed by atoms with Crippen LogP contribution >= 0.6 is 11.7 Å². The van der Waals surface area contributed by atoms with E-state index >= 15 is 0 Å². The van der Waals surface area contributed by atoms with Crippen molar-refractivity contribution in [2.75, 3.05) is 40.1 Å². The first-order valence-electron chi connectivity index (χ1n) is 13.9. The van der Waals surface area contributed by atoms with Gasteiger partial charge in [-0.3, -0.25) is 4.48 Å². The molecular weight excluding hydrogens is 462 g/mol.